The lowest BCUT2D eigenvalue weighted by Crippen LogP contribution is -2.35. The van der Waals surface area contributed by atoms with E-state index in [4.69, 9.17) is 11.6 Å². The molecule has 0 saturated heterocycles. The van der Waals surface area contributed by atoms with Crippen molar-refractivity contribution in [1.29, 1.82) is 0 Å². The van der Waals surface area contributed by atoms with E-state index in [0.717, 1.165) is 17.7 Å². The Morgan fingerprint density at radius 1 is 1.40 bits per heavy atom. The summed E-state index contributed by atoms with van der Waals surface area (Å²) in [5.41, 5.74) is 2.64. The second-order valence-electron chi connectivity index (χ2n) is 5.25. The van der Waals surface area contributed by atoms with E-state index >= 15 is 0 Å². The molecule has 0 bridgehead atoms. The van der Waals surface area contributed by atoms with E-state index in [2.05, 4.69) is 0 Å². The van der Waals surface area contributed by atoms with Crippen LogP contribution in [0.1, 0.15) is 49.5 Å². The van der Waals surface area contributed by atoms with Gasteiger partial charge < -0.3 is 4.90 Å². The summed E-state index contributed by atoms with van der Waals surface area (Å²) in [5, 5.41) is -0.472. The summed E-state index contributed by atoms with van der Waals surface area (Å²) in [6.45, 7) is 5.79. The maximum atomic E-state index is 12.1. The van der Waals surface area contributed by atoms with Gasteiger partial charge in [-0.3, -0.25) is 9.59 Å². The fourth-order valence-corrected chi connectivity index (χ4v) is 2.83. The number of Topliss-reactive ketones (excluding diaryl/α,β-unsaturated/α-hetero) is 1. The van der Waals surface area contributed by atoms with E-state index in [1.165, 1.54) is 0 Å². The first-order valence-corrected chi connectivity index (χ1v) is 7.56. The number of nitrogens with zero attached hydrogens (tertiary/aromatic N) is 1. The number of hydrogen-bond acceptors (Lipinski definition) is 2. The predicted octanol–water partition coefficient (Wildman–Crippen LogP) is 3.57. The molecule has 1 heterocycles. The molecule has 1 aliphatic heterocycles. The van der Waals surface area contributed by atoms with Gasteiger partial charge in [0.1, 0.15) is 0 Å². The van der Waals surface area contributed by atoms with E-state index < -0.39 is 5.38 Å². The molecular formula is C16H20ClNO2. The Labute approximate surface area is 124 Å². The normalized spacial score (nSPS) is 18.8. The summed E-state index contributed by atoms with van der Waals surface area (Å²) < 4.78 is 0. The molecule has 0 radical (unpaired) electrons. The van der Waals surface area contributed by atoms with Crippen molar-refractivity contribution in [1.82, 2.24) is 0 Å². The van der Waals surface area contributed by atoms with Crippen LogP contribution < -0.4 is 4.90 Å². The highest BCUT2D eigenvalue weighted by atomic mass is 35.5. The molecule has 2 atom stereocenters. The molecule has 0 saturated carbocycles. The topological polar surface area (TPSA) is 37.4 Å². The van der Waals surface area contributed by atoms with Gasteiger partial charge in [0, 0.05) is 23.7 Å². The number of ketones is 1. The molecule has 20 heavy (non-hydrogen) atoms. The van der Waals surface area contributed by atoms with Crippen molar-refractivity contribution in [2.24, 2.45) is 0 Å². The lowest BCUT2D eigenvalue weighted by molar-refractivity contribution is -0.118. The molecular weight excluding hydrogens is 274 g/mol. The lowest BCUT2D eigenvalue weighted by atomic mass is 10.0. The van der Waals surface area contributed by atoms with Crippen LogP contribution in [0, 0.1) is 0 Å². The fourth-order valence-electron chi connectivity index (χ4n) is 2.70. The van der Waals surface area contributed by atoms with E-state index in [0.29, 0.717) is 18.4 Å². The molecule has 3 nitrogen and oxygen atoms in total. The maximum Gasteiger partial charge on any atom is 0.226 e. The average Bonchev–Trinajstić information content (AvgIpc) is 2.79. The number of anilines is 1. The molecule has 0 aliphatic carbocycles. The minimum atomic E-state index is -0.472. The number of carbonyl (C=O) groups is 2. The third kappa shape index (κ3) is 2.59. The molecule has 0 aromatic heterocycles. The number of amides is 1. The standard InChI is InChI=1S/C16H20ClNO2/c1-4-13(17)16(20)11-6-7-14-12(9-11)8-10(3)18(14)15(19)5-2/h6-7,9-10,13H,4-5,8H2,1-3H3. The van der Waals surface area contributed by atoms with Crippen molar-refractivity contribution in [3.8, 4) is 0 Å². The van der Waals surface area contributed by atoms with Crippen LogP contribution in [0.15, 0.2) is 18.2 Å². The van der Waals surface area contributed by atoms with E-state index in [-0.39, 0.29) is 17.7 Å². The van der Waals surface area contributed by atoms with Crippen LogP contribution in [0.3, 0.4) is 0 Å². The molecule has 1 aromatic carbocycles. The second-order valence-corrected chi connectivity index (χ2v) is 5.78. The molecule has 1 aliphatic rings. The van der Waals surface area contributed by atoms with Gasteiger partial charge in [-0.15, -0.1) is 11.6 Å². The van der Waals surface area contributed by atoms with Crippen molar-refractivity contribution in [3.63, 3.8) is 0 Å². The van der Waals surface area contributed by atoms with Gasteiger partial charge >= 0.3 is 0 Å². The van der Waals surface area contributed by atoms with Crippen LogP contribution in [0.4, 0.5) is 5.69 Å². The van der Waals surface area contributed by atoms with Crippen molar-refractivity contribution in [3.05, 3.63) is 29.3 Å². The molecule has 0 spiro atoms. The summed E-state index contributed by atoms with van der Waals surface area (Å²) in [6.07, 6.45) is 1.90. The third-order valence-electron chi connectivity index (χ3n) is 3.79. The summed E-state index contributed by atoms with van der Waals surface area (Å²) in [5.74, 6) is 0.0870. The zero-order valence-corrected chi connectivity index (χ0v) is 12.9. The van der Waals surface area contributed by atoms with E-state index in [1.54, 1.807) is 6.07 Å². The molecule has 0 fully saturated rings. The van der Waals surface area contributed by atoms with Crippen LogP contribution in [0.25, 0.3) is 0 Å². The molecule has 108 valence electrons. The zero-order chi connectivity index (χ0) is 14.9. The first-order chi connectivity index (χ1) is 9.49. The molecule has 4 heteroatoms. The van der Waals surface area contributed by atoms with Crippen LogP contribution in [0.5, 0.6) is 0 Å². The summed E-state index contributed by atoms with van der Waals surface area (Å²) >= 11 is 6.02. The monoisotopic (exact) mass is 293 g/mol. The number of benzene rings is 1. The van der Waals surface area contributed by atoms with Crippen molar-refractivity contribution in [2.45, 2.75) is 51.5 Å². The van der Waals surface area contributed by atoms with Crippen molar-refractivity contribution < 1.29 is 9.59 Å². The van der Waals surface area contributed by atoms with Gasteiger partial charge in [-0.2, -0.15) is 0 Å². The highest BCUT2D eigenvalue weighted by Crippen LogP contribution is 2.33. The van der Waals surface area contributed by atoms with Crippen LogP contribution in [-0.4, -0.2) is 23.1 Å². The third-order valence-corrected chi connectivity index (χ3v) is 4.30. The quantitative estimate of drug-likeness (QED) is 0.628. The number of alkyl halides is 1. The average molecular weight is 294 g/mol. The summed E-state index contributed by atoms with van der Waals surface area (Å²) in [6, 6.07) is 5.70. The largest absolute Gasteiger partial charge is 0.309 e. The minimum Gasteiger partial charge on any atom is -0.309 e. The molecule has 2 rings (SSSR count). The number of halogens is 1. The van der Waals surface area contributed by atoms with Crippen LogP contribution in [-0.2, 0) is 11.2 Å². The Balaban J connectivity index is 2.33. The van der Waals surface area contributed by atoms with Crippen LogP contribution >= 0.6 is 11.6 Å². The molecule has 1 aromatic rings. The zero-order valence-electron chi connectivity index (χ0n) is 12.1. The Morgan fingerprint density at radius 3 is 2.70 bits per heavy atom. The fraction of sp³-hybridized carbons (Fsp3) is 0.500. The number of hydrogen-bond donors (Lipinski definition) is 0. The smallest absolute Gasteiger partial charge is 0.226 e. The van der Waals surface area contributed by atoms with Gasteiger partial charge in [0.05, 0.1) is 5.38 Å². The first-order valence-electron chi connectivity index (χ1n) is 7.12. The van der Waals surface area contributed by atoms with Crippen LogP contribution in [0.2, 0.25) is 0 Å². The van der Waals surface area contributed by atoms with Crippen molar-refractivity contribution in [2.75, 3.05) is 4.90 Å². The van der Waals surface area contributed by atoms with E-state index in [1.807, 2.05) is 37.8 Å². The Bertz CT molecular complexity index is 541. The number of rotatable bonds is 4. The number of carbonyl (C=O) groups excluding carboxylic acids is 2. The molecule has 2 unspecified atom stereocenters. The van der Waals surface area contributed by atoms with Gasteiger partial charge in [0.2, 0.25) is 5.91 Å². The first kappa shape index (κ1) is 15.0. The van der Waals surface area contributed by atoms with Gasteiger partial charge in [-0.25, -0.2) is 0 Å². The Hall–Kier alpha value is -1.35. The molecule has 1 amide bonds. The highest BCUT2D eigenvalue weighted by molar-refractivity contribution is 6.33. The highest BCUT2D eigenvalue weighted by Gasteiger charge is 2.30. The maximum absolute atomic E-state index is 12.1. The second kappa shape index (κ2) is 5.96. The predicted molar refractivity (Wildman–Crippen MR) is 81.6 cm³/mol. The SMILES string of the molecule is CCC(=O)N1c2ccc(C(=O)C(Cl)CC)cc2CC1C. The Morgan fingerprint density at radius 2 is 2.10 bits per heavy atom. The number of fused-ring (bicyclic) bond motifs is 1. The van der Waals surface area contributed by atoms with Gasteiger partial charge in [-0.1, -0.05) is 13.8 Å². The Kier molecular flexibility index (Phi) is 4.48. The summed E-state index contributed by atoms with van der Waals surface area (Å²) in [4.78, 5) is 25.9. The van der Waals surface area contributed by atoms with Gasteiger partial charge in [-0.05, 0) is 43.5 Å². The van der Waals surface area contributed by atoms with Crippen molar-refractivity contribution >= 4 is 29.0 Å². The van der Waals surface area contributed by atoms with E-state index in [9.17, 15) is 9.59 Å². The molecule has 0 N–H and O–H groups in total. The van der Waals surface area contributed by atoms with Gasteiger partial charge in [0.25, 0.3) is 0 Å². The van der Waals surface area contributed by atoms with Gasteiger partial charge in [0.15, 0.2) is 5.78 Å². The summed E-state index contributed by atoms with van der Waals surface area (Å²) in [7, 11) is 0. The lowest BCUT2D eigenvalue weighted by Gasteiger charge is -2.22. The minimum absolute atomic E-state index is 0.0371.